The van der Waals surface area contributed by atoms with Gasteiger partial charge in [0.05, 0.1) is 22.5 Å². The lowest BCUT2D eigenvalue weighted by Crippen LogP contribution is -2.27. The summed E-state index contributed by atoms with van der Waals surface area (Å²) in [5, 5.41) is 31.0. The molecule has 0 unspecified atom stereocenters. The number of benzene rings is 4. The summed E-state index contributed by atoms with van der Waals surface area (Å²) >= 11 is 0. The Morgan fingerprint density at radius 2 is 0.929 bits per heavy atom. The number of ketones is 2. The second-order valence-corrected chi connectivity index (χ2v) is 14.5. The quantitative estimate of drug-likeness (QED) is 0.0808. The van der Waals surface area contributed by atoms with Crippen LogP contribution >= 0.6 is 0 Å². The van der Waals surface area contributed by atoms with Crippen LogP contribution in [0.2, 0.25) is 0 Å². The molecule has 2 aliphatic carbocycles. The van der Waals surface area contributed by atoms with E-state index in [0.717, 1.165) is 12.2 Å². The van der Waals surface area contributed by atoms with Crippen molar-refractivity contribution in [2.24, 2.45) is 10.2 Å². The molecule has 0 radical (unpaired) electrons. The molecule has 0 fully saturated rings. The maximum Gasteiger partial charge on any atom is 0.335 e. The van der Waals surface area contributed by atoms with Gasteiger partial charge in [-0.05, 0) is 96.1 Å². The van der Waals surface area contributed by atoms with Gasteiger partial charge < -0.3 is 20.8 Å². The first-order valence-corrected chi connectivity index (χ1v) is 18.5. The predicted octanol–water partition coefficient (Wildman–Crippen LogP) is 4.51. The van der Waals surface area contributed by atoms with Gasteiger partial charge in [0, 0.05) is 22.5 Å². The molecule has 4 aromatic rings. The molecule has 0 saturated heterocycles. The van der Waals surface area contributed by atoms with E-state index < -0.39 is 71.0 Å². The minimum absolute atomic E-state index is 0.0241. The Bertz CT molecular complexity index is 2590. The molecule has 8 N–H and O–H groups in total. The van der Waals surface area contributed by atoms with Crippen molar-refractivity contribution in [3.05, 3.63) is 128 Å². The lowest BCUT2D eigenvalue weighted by molar-refractivity contribution is 0.0686. The molecule has 284 valence electrons. The number of carboxylic acid groups (broad SMARTS) is 2. The van der Waals surface area contributed by atoms with Crippen molar-refractivity contribution in [2.75, 3.05) is 21.5 Å². The number of hydrazone groups is 2. The topological polar surface area (TPSA) is 307 Å². The van der Waals surface area contributed by atoms with Crippen LogP contribution in [0, 0.1) is 0 Å². The van der Waals surface area contributed by atoms with E-state index in [1.54, 1.807) is 0 Å². The van der Waals surface area contributed by atoms with Gasteiger partial charge in [0.2, 0.25) is 11.6 Å². The van der Waals surface area contributed by atoms with Crippen LogP contribution in [0.25, 0.3) is 12.2 Å². The highest BCUT2D eigenvalue weighted by Crippen LogP contribution is 2.30. The molecule has 21 heteroatoms. The average Bonchev–Trinajstić information content (AvgIpc) is 3.13. The van der Waals surface area contributed by atoms with Gasteiger partial charge in [0.15, 0.2) is 11.4 Å². The van der Waals surface area contributed by atoms with Crippen molar-refractivity contribution in [2.45, 2.75) is 0 Å². The molecule has 56 heavy (non-hydrogen) atoms. The van der Waals surface area contributed by atoms with Gasteiger partial charge in [0.25, 0.3) is 20.2 Å². The van der Waals surface area contributed by atoms with E-state index in [0.29, 0.717) is 0 Å². The number of hydrogen-bond acceptors (Lipinski definition) is 13. The molecular weight excluding hydrogens is 777 g/mol. The Morgan fingerprint density at radius 1 is 0.536 bits per heavy atom. The van der Waals surface area contributed by atoms with E-state index in [9.17, 15) is 60.1 Å². The van der Waals surface area contributed by atoms with E-state index in [-0.39, 0.29) is 56.1 Å². The van der Waals surface area contributed by atoms with Crippen LogP contribution in [-0.4, -0.2) is 77.1 Å². The number of carbonyl (C=O) groups excluding carboxylic acids is 3. The number of fused-ring (bicyclic) bond motifs is 2. The number of amides is 2. The number of carbonyl (C=O) groups is 5. The highest BCUT2D eigenvalue weighted by atomic mass is 32.2. The van der Waals surface area contributed by atoms with Gasteiger partial charge in [-0.25, -0.2) is 14.4 Å². The van der Waals surface area contributed by atoms with Crippen LogP contribution in [0.1, 0.15) is 52.6 Å². The summed E-state index contributed by atoms with van der Waals surface area (Å²) in [6, 6.07) is 17.3. The van der Waals surface area contributed by atoms with Gasteiger partial charge in [0.1, 0.15) is 9.81 Å². The van der Waals surface area contributed by atoms with Gasteiger partial charge >= 0.3 is 18.0 Å². The molecule has 0 aromatic heterocycles. The molecule has 19 nitrogen and oxygen atoms in total. The standard InChI is InChI=1S/C35H24N6O13S2/c42-31-25-9-7-21(13-19(25)15-27(55(49,50)51)29(31)40-38-23-5-1-3-17(11-23)33(44)45)36-35(48)37-22-8-10-26-20(14-22)16-28(56(52,53)54)30(32(26)43)41-39-24-6-2-4-18(12-24)34(46)47/h1-16,38-39H,(H,44,45)(H,46,47)(H2,36,37,48)(H,49,50,51)(H,52,53,54). The summed E-state index contributed by atoms with van der Waals surface area (Å²) in [4.78, 5) is 60.5. The first-order chi connectivity index (χ1) is 26.4. The fourth-order valence-electron chi connectivity index (χ4n) is 5.41. The Hall–Kier alpha value is -7.33. The third-order valence-electron chi connectivity index (χ3n) is 7.95. The van der Waals surface area contributed by atoms with E-state index in [4.69, 9.17) is 0 Å². The number of nitrogens with zero attached hydrogens (tertiary/aromatic N) is 2. The molecule has 0 spiro atoms. The third kappa shape index (κ3) is 8.24. The van der Waals surface area contributed by atoms with Crippen LogP contribution in [0.3, 0.4) is 0 Å². The third-order valence-corrected chi connectivity index (χ3v) is 9.68. The van der Waals surface area contributed by atoms with Crippen LogP contribution in [0.5, 0.6) is 0 Å². The van der Waals surface area contributed by atoms with Crippen molar-refractivity contribution >= 4 is 96.1 Å². The average molecular weight is 801 g/mol. The number of rotatable bonds is 10. The summed E-state index contributed by atoms with van der Waals surface area (Å²) in [5.74, 6) is -4.34. The molecule has 0 aliphatic heterocycles. The number of carboxylic acids is 2. The summed E-state index contributed by atoms with van der Waals surface area (Å²) < 4.78 is 68.9. The van der Waals surface area contributed by atoms with E-state index >= 15 is 0 Å². The van der Waals surface area contributed by atoms with Crippen molar-refractivity contribution in [1.82, 2.24) is 0 Å². The molecule has 4 aromatic carbocycles. The molecule has 0 saturated carbocycles. The highest BCUT2D eigenvalue weighted by molar-refractivity contribution is 7.91. The molecule has 0 bridgehead atoms. The Morgan fingerprint density at radius 3 is 1.29 bits per heavy atom. The number of nitrogens with one attached hydrogen (secondary N) is 4. The van der Waals surface area contributed by atoms with Crippen LogP contribution in [0.15, 0.2) is 105 Å². The Labute approximate surface area is 315 Å². The molecule has 0 atom stereocenters. The lowest BCUT2D eigenvalue weighted by atomic mass is 9.94. The predicted molar refractivity (Wildman–Crippen MR) is 202 cm³/mol. The molecular formula is C35H24N6O13S2. The number of urea groups is 1. The summed E-state index contributed by atoms with van der Waals surface area (Å²) in [7, 11) is -10.1. The van der Waals surface area contributed by atoms with Crippen molar-refractivity contribution < 1.29 is 60.1 Å². The largest absolute Gasteiger partial charge is 0.478 e. The van der Waals surface area contributed by atoms with Crippen LogP contribution < -0.4 is 21.5 Å². The van der Waals surface area contributed by atoms with Crippen LogP contribution in [0.4, 0.5) is 27.5 Å². The number of aromatic carboxylic acids is 2. The second-order valence-electron chi connectivity index (χ2n) is 11.7. The molecule has 6 rings (SSSR count). The smallest absolute Gasteiger partial charge is 0.335 e. The van der Waals surface area contributed by atoms with Crippen molar-refractivity contribution in [3.8, 4) is 0 Å². The molecule has 2 amide bonds. The fourth-order valence-corrected chi connectivity index (χ4v) is 6.73. The summed E-state index contributed by atoms with van der Waals surface area (Å²) in [6.45, 7) is 0. The maximum absolute atomic E-state index is 13.3. The number of anilines is 4. The minimum Gasteiger partial charge on any atom is -0.478 e. The Balaban J connectivity index is 1.21. The highest BCUT2D eigenvalue weighted by Gasteiger charge is 2.34. The fraction of sp³-hybridized carbons (Fsp3) is 0. The number of Topliss-reactive ketones (excluding diaryl/α,β-unsaturated/α-hetero) is 2. The summed E-state index contributed by atoms with van der Waals surface area (Å²) in [6.07, 6.45) is 1.90. The minimum atomic E-state index is -5.04. The molecule has 0 heterocycles. The number of hydrogen-bond donors (Lipinski definition) is 8. The lowest BCUT2D eigenvalue weighted by Gasteiger charge is -2.18. The SMILES string of the molecule is O=C(Nc1ccc2c(c1)C=C(S(=O)(=O)O)C(=NNc1cccc(C(=O)O)c1)C2=O)Nc1ccc2c(c1)C=C(S(=O)(=O)O)C(=NNc1cccc(C(=O)O)c1)C2=O. The van der Waals surface area contributed by atoms with E-state index in [1.807, 2.05) is 0 Å². The molecule has 2 aliphatic rings. The zero-order chi connectivity index (χ0) is 40.5. The first-order valence-electron chi connectivity index (χ1n) is 15.6. The monoisotopic (exact) mass is 800 g/mol. The first kappa shape index (κ1) is 38.4. The van der Waals surface area contributed by atoms with E-state index in [2.05, 4.69) is 31.7 Å². The number of allylic oxidation sites excluding steroid dienone is 2. The zero-order valence-corrected chi connectivity index (χ0v) is 29.5. The Kier molecular flexibility index (Phi) is 10.2. The maximum atomic E-state index is 13.3. The van der Waals surface area contributed by atoms with Gasteiger partial charge in [-0.15, -0.1) is 0 Å². The van der Waals surface area contributed by atoms with Gasteiger partial charge in [-0.3, -0.25) is 29.5 Å². The van der Waals surface area contributed by atoms with Crippen molar-refractivity contribution in [3.63, 3.8) is 0 Å². The second kappa shape index (κ2) is 14.8. The normalized spacial score (nSPS) is 15.2. The van der Waals surface area contributed by atoms with E-state index in [1.165, 1.54) is 84.9 Å². The summed E-state index contributed by atoms with van der Waals surface area (Å²) in [5.41, 5.74) is 3.34. The van der Waals surface area contributed by atoms with Gasteiger partial charge in [-0.1, -0.05) is 12.1 Å². The zero-order valence-electron chi connectivity index (χ0n) is 27.9. The van der Waals surface area contributed by atoms with Crippen LogP contribution in [-0.2, 0) is 20.2 Å². The van der Waals surface area contributed by atoms with Gasteiger partial charge in [-0.2, -0.15) is 27.0 Å². The van der Waals surface area contributed by atoms with Crippen molar-refractivity contribution in [1.29, 1.82) is 0 Å².